The number of aromatic nitrogens is 4. The normalized spacial score (nSPS) is 10.9. The van der Waals surface area contributed by atoms with Gasteiger partial charge in [0.1, 0.15) is 11.6 Å². The van der Waals surface area contributed by atoms with Crippen molar-refractivity contribution in [1.29, 1.82) is 0 Å². The minimum atomic E-state index is -0.422. The Balaban J connectivity index is 1.44. The highest BCUT2D eigenvalue weighted by Crippen LogP contribution is 2.22. The Morgan fingerprint density at radius 2 is 1.96 bits per heavy atom. The van der Waals surface area contributed by atoms with Crippen LogP contribution in [0.5, 0.6) is 11.8 Å². The zero-order chi connectivity index (χ0) is 18.8. The fourth-order valence-electron chi connectivity index (χ4n) is 2.48. The van der Waals surface area contributed by atoms with E-state index < -0.39 is 5.82 Å². The van der Waals surface area contributed by atoms with Crippen LogP contribution in [0.3, 0.4) is 0 Å². The molecule has 27 heavy (non-hydrogen) atoms. The van der Waals surface area contributed by atoms with E-state index in [-0.39, 0.29) is 18.3 Å². The summed E-state index contributed by atoms with van der Waals surface area (Å²) in [6, 6.07) is 10.00. The molecule has 4 aromatic rings. The molecular weight excluding hydrogens is 371 g/mol. The van der Waals surface area contributed by atoms with E-state index in [9.17, 15) is 4.39 Å². The van der Waals surface area contributed by atoms with Crippen LogP contribution >= 0.6 is 11.6 Å². The molecule has 0 aliphatic heterocycles. The number of hydrogen-bond donors (Lipinski definition) is 3. The van der Waals surface area contributed by atoms with Gasteiger partial charge < -0.3 is 20.8 Å². The van der Waals surface area contributed by atoms with E-state index in [4.69, 9.17) is 22.1 Å². The first-order valence-electron chi connectivity index (χ1n) is 8.00. The topological polar surface area (TPSA) is 102 Å². The van der Waals surface area contributed by atoms with Crippen LogP contribution in [0.25, 0.3) is 11.0 Å². The molecule has 0 saturated carbocycles. The molecule has 0 radical (unpaired) electrons. The van der Waals surface area contributed by atoms with Crippen molar-refractivity contribution in [2.75, 3.05) is 11.1 Å². The molecule has 0 fully saturated rings. The molecule has 2 aromatic carbocycles. The van der Waals surface area contributed by atoms with Gasteiger partial charge in [0, 0.05) is 23.9 Å². The van der Waals surface area contributed by atoms with E-state index in [2.05, 4.69) is 25.3 Å². The summed E-state index contributed by atoms with van der Waals surface area (Å²) in [6.45, 7) is 0.249. The SMILES string of the molecule is Nc1ccc2nc(NCc3ccc(Oc4ncc(Cl)cn4)cc3F)[nH]c2c1. The molecule has 2 heterocycles. The maximum atomic E-state index is 14.3. The van der Waals surface area contributed by atoms with Crippen molar-refractivity contribution in [1.82, 2.24) is 19.9 Å². The number of hydrogen-bond acceptors (Lipinski definition) is 6. The van der Waals surface area contributed by atoms with Gasteiger partial charge in [0.15, 0.2) is 0 Å². The number of aromatic amines is 1. The molecule has 9 heteroatoms. The molecule has 0 bridgehead atoms. The van der Waals surface area contributed by atoms with Crippen LogP contribution in [0.4, 0.5) is 16.0 Å². The molecular formula is C18H14ClFN6O. The molecule has 0 spiro atoms. The summed E-state index contributed by atoms with van der Waals surface area (Å²) in [5, 5.41) is 3.45. The van der Waals surface area contributed by atoms with Crippen molar-refractivity contribution in [3.05, 3.63) is 65.2 Å². The highest BCUT2D eigenvalue weighted by molar-refractivity contribution is 6.30. The maximum absolute atomic E-state index is 14.3. The molecule has 0 amide bonds. The molecule has 0 unspecified atom stereocenters. The number of anilines is 2. The zero-order valence-electron chi connectivity index (χ0n) is 13.9. The van der Waals surface area contributed by atoms with Crippen LogP contribution in [0.15, 0.2) is 48.8 Å². The number of nitrogens with one attached hydrogen (secondary N) is 2. The molecule has 2 aromatic heterocycles. The summed E-state index contributed by atoms with van der Waals surface area (Å²) < 4.78 is 19.8. The number of halogens is 2. The Morgan fingerprint density at radius 3 is 2.74 bits per heavy atom. The summed E-state index contributed by atoms with van der Waals surface area (Å²) in [5.41, 5.74) is 8.44. The van der Waals surface area contributed by atoms with Gasteiger partial charge in [0.05, 0.1) is 28.4 Å². The summed E-state index contributed by atoms with van der Waals surface area (Å²) >= 11 is 5.72. The third-order valence-electron chi connectivity index (χ3n) is 3.78. The van der Waals surface area contributed by atoms with Crippen molar-refractivity contribution in [2.24, 2.45) is 0 Å². The minimum Gasteiger partial charge on any atom is -0.424 e. The van der Waals surface area contributed by atoms with E-state index in [1.807, 2.05) is 6.07 Å². The Kier molecular flexibility index (Phi) is 4.47. The second-order valence-corrected chi connectivity index (χ2v) is 6.19. The molecule has 0 atom stereocenters. The second kappa shape index (κ2) is 7.08. The van der Waals surface area contributed by atoms with Crippen molar-refractivity contribution in [2.45, 2.75) is 6.54 Å². The average Bonchev–Trinajstić information content (AvgIpc) is 3.05. The second-order valence-electron chi connectivity index (χ2n) is 5.75. The first-order chi connectivity index (χ1) is 13.1. The predicted octanol–water partition coefficient (Wildman–Crippen LogP) is 4.13. The monoisotopic (exact) mass is 384 g/mol. The number of benzene rings is 2. The van der Waals surface area contributed by atoms with Gasteiger partial charge in [-0.05, 0) is 24.3 Å². The number of H-pyrrole nitrogens is 1. The van der Waals surface area contributed by atoms with Crippen LogP contribution < -0.4 is 15.8 Å². The number of ether oxygens (including phenoxy) is 1. The lowest BCUT2D eigenvalue weighted by Crippen LogP contribution is -2.03. The number of fused-ring (bicyclic) bond motifs is 1. The third-order valence-corrected chi connectivity index (χ3v) is 3.98. The first-order valence-corrected chi connectivity index (χ1v) is 8.37. The average molecular weight is 385 g/mol. The number of imidazole rings is 1. The molecule has 0 aliphatic carbocycles. The Hall–Kier alpha value is -3.39. The van der Waals surface area contributed by atoms with Gasteiger partial charge in [0.2, 0.25) is 5.95 Å². The molecule has 136 valence electrons. The largest absolute Gasteiger partial charge is 0.424 e. The summed E-state index contributed by atoms with van der Waals surface area (Å²) in [6.07, 6.45) is 2.80. The fraction of sp³-hybridized carbons (Fsp3) is 0.0556. The van der Waals surface area contributed by atoms with Gasteiger partial charge in [-0.3, -0.25) is 0 Å². The highest BCUT2D eigenvalue weighted by atomic mass is 35.5. The van der Waals surface area contributed by atoms with Gasteiger partial charge in [-0.25, -0.2) is 19.3 Å². The van der Waals surface area contributed by atoms with Crippen LogP contribution in [0.1, 0.15) is 5.56 Å². The fourth-order valence-corrected chi connectivity index (χ4v) is 2.58. The number of nitrogen functional groups attached to an aromatic ring is 1. The van der Waals surface area contributed by atoms with Gasteiger partial charge >= 0.3 is 6.01 Å². The van der Waals surface area contributed by atoms with Crippen molar-refractivity contribution < 1.29 is 9.13 Å². The quantitative estimate of drug-likeness (QED) is 0.447. The Bertz CT molecular complexity index is 1100. The maximum Gasteiger partial charge on any atom is 0.321 e. The summed E-state index contributed by atoms with van der Waals surface area (Å²) in [4.78, 5) is 15.3. The van der Waals surface area contributed by atoms with Crippen LogP contribution in [-0.4, -0.2) is 19.9 Å². The molecule has 7 nitrogen and oxygen atoms in total. The minimum absolute atomic E-state index is 0.0891. The van der Waals surface area contributed by atoms with Gasteiger partial charge in [0.25, 0.3) is 0 Å². The Labute approximate surface area is 158 Å². The summed E-state index contributed by atoms with van der Waals surface area (Å²) in [5.74, 6) is 0.400. The molecule has 0 aliphatic rings. The van der Waals surface area contributed by atoms with E-state index in [1.165, 1.54) is 18.5 Å². The van der Waals surface area contributed by atoms with E-state index >= 15 is 0 Å². The standard InChI is InChI=1S/C18H14ClFN6O/c19-11-8-23-18(24-9-11)27-13-3-1-10(14(20)6-13)7-22-17-25-15-4-2-12(21)5-16(15)26-17/h1-6,8-9H,7,21H2,(H2,22,25,26). The first kappa shape index (κ1) is 17.0. The van der Waals surface area contributed by atoms with Crippen LogP contribution in [-0.2, 0) is 6.54 Å². The number of rotatable bonds is 5. The van der Waals surface area contributed by atoms with Crippen LogP contribution in [0, 0.1) is 5.82 Å². The van der Waals surface area contributed by atoms with Crippen molar-refractivity contribution in [3.63, 3.8) is 0 Å². The summed E-state index contributed by atoms with van der Waals surface area (Å²) in [7, 11) is 0. The zero-order valence-corrected chi connectivity index (χ0v) is 14.7. The van der Waals surface area contributed by atoms with E-state index in [0.29, 0.717) is 22.2 Å². The smallest absolute Gasteiger partial charge is 0.321 e. The number of nitrogens with two attached hydrogens (primary N) is 1. The molecule has 0 saturated heterocycles. The highest BCUT2D eigenvalue weighted by Gasteiger charge is 2.08. The van der Waals surface area contributed by atoms with Crippen molar-refractivity contribution in [3.8, 4) is 11.8 Å². The predicted molar refractivity (Wildman–Crippen MR) is 101 cm³/mol. The van der Waals surface area contributed by atoms with Gasteiger partial charge in [-0.2, -0.15) is 0 Å². The van der Waals surface area contributed by atoms with E-state index in [0.717, 1.165) is 11.0 Å². The lowest BCUT2D eigenvalue weighted by atomic mass is 10.2. The molecule has 4 rings (SSSR count). The molecule has 4 N–H and O–H groups in total. The lowest BCUT2D eigenvalue weighted by Gasteiger charge is -2.07. The van der Waals surface area contributed by atoms with Crippen LogP contribution in [0.2, 0.25) is 5.02 Å². The van der Waals surface area contributed by atoms with Gasteiger partial charge in [-0.15, -0.1) is 0 Å². The van der Waals surface area contributed by atoms with Gasteiger partial charge in [-0.1, -0.05) is 17.7 Å². The van der Waals surface area contributed by atoms with Crippen molar-refractivity contribution >= 4 is 34.3 Å². The lowest BCUT2D eigenvalue weighted by molar-refractivity contribution is 0.437. The Morgan fingerprint density at radius 1 is 1.15 bits per heavy atom. The van der Waals surface area contributed by atoms with E-state index in [1.54, 1.807) is 24.3 Å². The third kappa shape index (κ3) is 3.90. The number of nitrogens with zero attached hydrogens (tertiary/aromatic N) is 3.